The summed E-state index contributed by atoms with van der Waals surface area (Å²) < 4.78 is 0. The molecule has 0 aliphatic rings. The van der Waals surface area contributed by atoms with Gasteiger partial charge in [0.1, 0.15) is 0 Å². The van der Waals surface area contributed by atoms with Crippen molar-refractivity contribution in [3.63, 3.8) is 0 Å². The number of carbonyl (C=O) groups excluding carboxylic acids is 2. The lowest BCUT2D eigenvalue weighted by atomic mass is 10.1. The summed E-state index contributed by atoms with van der Waals surface area (Å²) in [7, 11) is 0. The number of carbonyl (C=O) groups is 2. The van der Waals surface area contributed by atoms with Crippen LogP contribution in [-0.4, -0.2) is 12.8 Å². The molecule has 0 bridgehead atoms. The van der Waals surface area contributed by atoms with Crippen LogP contribution in [0.5, 0.6) is 0 Å². The molecule has 0 atom stereocenters. The van der Waals surface area contributed by atoms with Crippen molar-refractivity contribution in [2.24, 2.45) is 0 Å². The van der Waals surface area contributed by atoms with Gasteiger partial charge in [0.15, 0.2) is 0 Å². The third kappa shape index (κ3) is 7.49. The minimum absolute atomic E-state index is 0.429. The Hall–Kier alpha value is -2.04. The van der Waals surface area contributed by atoms with Crippen LogP contribution in [0.25, 0.3) is 0 Å². The average Bonchev–Trinajstić information content (AvgIpc) is 2.59. The molecular formula is C18H20Cl2N2O2. The second-order valence-electron chi connectivity index (χ2n) is 4.95. The maximum Gasteiger partial charge on any atom is 0.211 e. The molecule has 2 rings (SSSR count). The van der Waals surface area contributed by atoms with Crippen LogP contribution in [0.1, 0.15) is 25.3 Å². The van der Waals surface area contributed by atoms with Gasteiger partial charge in [0, 0.05) is 11.4 Å². The lowest BCUT2D eigenvalue weighted by Gasteiger charge is -2.01. The molecule has 0 fully saturated rings. The Kier molecular flexibility index (Phi) is 9.58. The Balaban J connectivity index is 0.000000243. The largest absolute Gasteiger partial charge is 0.329 e. The fourth-order valence-electron chi connectivity index (χ4n) is 1.87. The maximum atomic E-state index is 10.1. The van der Waals surface area contributed by atoms with Gasteiger partial charge in [-0.05, 0) is 48.7 Å². The first-order valence-electron chi connectivity index (χ1n) is 7.55. The molecule has 0 spiro atoms. The highest BCUT2D eigenvalue weighted by Gasteiger charge is 1.97. The molecule has 0 aliphatic carbocycles. The Bertz CT molecular complexity index is 646. The summed E-state index contributed by atoms with van der Waals surface area (Å²) in [6.07, 6.45) is 4.84. The van der Waals surface area contributed by atoms with E-state index in [1.54, 1.807) is 18.2 Å². The van der Waals surface area contributed by atoms with Crippen molar-refractivity contribution in [2.75, 3.05) is 10.6 Å². The van der Waals surface area contributed by atoms with Crippen LogP contribution >= 0.6 is 23.2 Å². The van der Waals surface area contributed by atoms with E-state index in [0.29, 0.717) is 28.6 Å². The third-order valence-corrected chi connectivity index (χ3v) is 3.88. The monoisotopic (exact) mass is 366 g/mol. The third-order valence-electron chi connectivity index (χ3n) is 3.14. The average molecular weight is 367 g/mol. The zero-order valence-electron chi connectivity index (χ0n) is 13.4. The number of halogens is 2. The molecule has 0 saturated carbocycles. The van der Waals surface area contributed by atoms with Gasteiger partial charge in [-0.3, -0.25) is 9.59 Å². The highest BCUT2D eigenvalue weighted by molar-refractivity contribution is 6.42. The molecule has 0 radical (unpaired) electrons. The summed E-state index contributed by atoms with van der Waals surface area (Å²) >= 11 is 11.3. The number of anilines is 2. The van der Waals surface area contributed by atoms with E-state index < -0.39 is 0 Å². The summed E-state index contributed by atoms with van der Waals surface area (Å²) in [5.41, 5.74) is 2.82. The summed E-state index contributed by atoms with van der Waals surface area (Å²) in [5, 5.41) is 5.97. The summed E-state index contributed by atoms with van der Waals surface area (Å²) in [5.74, 6) is 0. The maximum absolute atomic E-state index is 10.1. The first-order chi connectivity index (χ1) is 11.6. The SMILES string of the molecule is CCCCc1ccc(NC=O)cc1.O=CNc1ccc(Cl)c(Cl)c1. The molecule has 0 aromatic heterocycles. The van der Waals surface area contributed by atoms with E-state index in [-0.39, 0.29) is 0 Å². The number of hydrogen-bond acceptors (Lipinski definition) is 2. The molecule has 128 valence electrons. The van der Waals surface area contributed by atoms with Gasteiger partial charge >= 0.3 is 0 Å². The number of nitrogens with one attached hydrogen (secondary N) is 2. The highest BCUT2D eigenvalue weighted by atomic mass is 35.5. The fraction of sp³-hybridized carbons (Fsp3) is 0.222. The van der Waals surface area contributed by atoms with Crippen LogP contribution in [0.15, 0.2) is 42.5 Å². The van der Waals surface area contributed by atoms with E-state index in [4.69, 9.17) is 23.2 Å². The molecule has 2 aromatic rings. The number of amides is 2. The Morgan fingerprint density at radius 2 is 1.46 bits per heavy atom. The predicted molar refractivity (Wildman–Crippen MR) is 101 cm³/mol. The number of benzene rings is 2. The molecule has 24 heavy (non-hydrogen) atoms. The molecule has 2 aromatic carbocycles. The van der Waals surface area contributed by atoms with E-state index in [1.165, 1.54) is 18.4 Å². The van der Waals surface area contributed by atoms with Gasteiger partial charge in [-0.25, -0.2) is 0 Å². The van der Waals surface area contributed by atoms with Crippen molar-refractivity contribution < 1.29 is 9.59 Å². The first-order valence-corrected chi connectivity index (χ1v) is 8.30. The fourth-order valence-corrected chi connectivity index (χ4v) is 2.17. The Morgan fingerprint density at radius 3 is 2.00 bits per heavy atom. The topological polar surface area (TPSA) is 58.2 Å². The number of aryl methyl sites for hydroxylation is 1. The summed E-state index contributed by atoms with van der Waals surface area (Å²) in [6.45, 7) is 2.18. The lowest BCUT2D eigenvalue weighted by molar-refractivity contribution is -0.106. The highest BCUT2D eigenvalue weighted by Crippen LogP contribution is 2.24. The molecule has 2 N–H and O–H groups in total. The summed E-state index contributed by atoms with van der Waals surface area (Å²) in [6, 6.07) is 12.8. The van der Waals surface area contributed by atoms with Gasteiger partial charge in [0.05, 0.1) is 10.0 Å². The molecule has 0 saturated heterocycles. The zero-order valence-corrected chi connectivity index (χ0v) is 14.9. The van der Waals surface area contributed by atoms with E-state index in [9.17, 15) is 9.59 Å². The van der Waals surface area contributed by atoms with Crippen LogP contribution in [0.4, 0.5) is 11.4 Å². The van der Waals surface area contributed by atoms with Crippen molar-refractivity contribution in [2.45, 2.75) is 26.2 Å². The second kappa shape index (κ2) is 11.5. The number of unbranched alkanes of at least 4 members (excludes halogenated alkanes) is 1. The van der Waals surface area contributed by atoms with Gasteiger partial charge < -0.3 is 10.6 Å². The van der Waals surface area contributed by atoms with Crippen LogP contribution in [0.2, 0.25) is 10.0 Å². The number of hydrogen-bond donors (Lipinski definition) is 2. The molecule has 0 aliphatic heterocycles. The number of rotatable bonds is 7. The molecular weight excluding hydrogens is 347 g/mol. The van der Waals surface area contributed by atoms with E-state index in [0.717, 1.165) is 12.1 Å². The second-order valence-corrected chi connectivity index (χ2v) is 5.77. The van der Waals surface area contributed by atoms with Gasteiger partial charge in [0.25, 0.3) is 0 Å². The van der Waals surface area contributed by atoms with Gasteiger partial charge in [0.2, 0.25) is 12.8 Å². The van der Waals surface area contributed by atoms with Crippen LogP contribution in [0, 0.1) is 0 Å². The van der Waals surface area contributed by atoms with Crippen LogP contribution in [0.3, 0.4) is 0 Å². The molecule has 2 amide bonds. The minimum Gasteiger partial charge on any atom is -0.329 e. The van der Waals surface area contributed by atoms with Crippen molar-refractivity contribution in [1.29, 1.82) is 0 Å². The summed E-state index contributed by atoms with van der Waals surface area (Å²) in [4.78, 5) is 20.1. The molecule has 0 unspecified atom stereocenters. The molecule has 4 nitrogen and oxygen atoms in total. The smallest absolute Gasteiger partial charge is 0.211 e. The van der Waals surface area contributed by atoms with Gasteiger partial charge in [-0.1, -0.05) is 48.7 Å². The van der Waals surface area contributed by atoms with Gasteiger partial charge in [-0.2, -0.15) is 0 Å². The van der Waals surface area contributed by atoms with Crippen LogP contribution < -0.4 is 10.6 Å². The van der Waals surface area contributed by atoms with E-state index in [1.807, 2.05) is 12.1 Å². The minimum atomic E-state index is 0.429. The Labute approximate surface area is 152 Å². The molecule has 6 heteroatoms. The van der Waals surface area contributed by atoms with Crippen molar-refractivity contribution in [1.82, 2.24) is 0 Å². The van der Waals surface area contributed by atoms with E-state index in [2.05, 4.69) is 29.7 Å². The van der Waals surface area contributed by atoms with Gasteiger partial charge in [-0.15, -0.1) is 0 Å². The van der Waals surface area contributed by atoms with E-state index >= 15 is 0 Å². The van der Waals surface area contributed by atoms with Crippen molar-refractivity contribution in [3.8, 4) is 0 Å². The first kappa shape index (κ1) is 20.0. The lowest BCUT2D eigenvalue weighted by Crippen LogP contribution is -1.93. The zero-order chi connectivity index (χ0) is 17.8. The standard InChI is InChI=1S/C11H15NO.C7H5Cl2NO/c1-2-3-4-10-5-7-11(8-6-10)12-9-13;8-6-2-1-5(10-4-11)3-7(6)9/h5-9H,2-4H2,1H3,(H,12,13);1-4H,(H,10,11). The molecule has 0 heterocycles. The van der Waals surface area contributed by atoms with Crippen LogP contribution in [-0.2, 0) is 16.0 Å². The quantitative estimate of drug-likeness (QED) is 0.664. The van der Waals surface area contributed by atoms with Crippen molar-refractivity contribution in [3.05, 3.63) is 58.1 Å². The predicted octanol–water partition coefficient (Wildman–Crippen LogP) is 5.16. The van der Waals surface area contributed by atoms with Crippen molar-refractivity contribution >= 4 is 47.4 Å². The normalized spacial score (nSPS) is 9.46. The Morgan fingerprint density at radius 1 is 0.875 bits per heavy atom.